The predicted octanol–water partition coefficient (Wildman–Crippen LogP) is 3.37. The molecule has 0 saturated carbocycles. The third kappa shape index (κ3) is 7.19. The van der Waals surface area contributed by atoms with Crippen LogP contribution in [0.15, 0.2) is 29.3 Å². The van der Waals surface area contributed by atoms with Crippen molar-refractivity contribution in [3.05, 3.63) is 35.4 Å². The van der Waals surface area contributed by atoms with E-state index in [1.807, 2.05) is 7.05 Å². The molecule has 2 saturated heterocycles. The van der Waals surface area contributed by atoms with Crippen LogP contribution >= 0.6 is 24.0 Å². The maximum atomic E-state index is 5.49. The van der Waals surface area contributed by atoms with Gasteiger partial charge in [0.15, 0.2) is 5.96 Å². The Bertz CT molecular complexity index is 593. The first-order valence-electron chi connectivity index (χ1n) is 10.4. The zero-order valence-electron chi connectivity index (χ0n) is 17.7. The van der Waals surface area contributed by atoms with Crippen LogP contribution in [0.25, 0.3) is 0 Å². The molecule has 158 valence electrons. The molecule has 3 rings (SSSR count). The van der Waals surface area contributed by atoms with Gasteiger partial charge in [0.25, 0.3) is 0 Å². The zero-order valence-corrected chi connectivity index (χ0v) is 20.0. The second-order valence-corrected chi connectivity index (χ2v) is 8.24. The van der Waals surface area contributed by atoms with Crippen LogP contribution in [0.1, 0.15) is 30.4 Å². The van der Waals surface area contributed by atoms with Gasteiger partial charge < -0.3 is 15.0 Å². The Balaban J connectivity index is 0.00000280. The highest BCUT2D eigenvalue weighted by Gasteiger charge is 2.22. The maximum absolute atomic E-state index is 5.49. The first-order valence-corrected chi connectivity index (χ1v) is 10.4. The number of guanidine groups is 1. The predicted molar refractivity (Wildman–Crippen MR) is 128 cm³/mol. The summed E-state index contributed by atoms with van der Waals surface area (Å²) in [5, 5.41) is 3.60. The number of ether oxygens (including phenoxy) is 1. The van der Waals surface area contributed by atoms with Crippen LogP contribution in [0, 0.1) is 18.8 Å². The minimum absolute atomic E-state index is 0. The number of nitrogens with one attached hydrogen (secondary N) is 1. The Morgan fingerprint density at radius 2 is 1.89 bits per heavy atom. The van der Waals surface area contributed by atoms with Gasteiger partial charge in [-0.05, 0) is 50.8 Å². The summed E-state index contributed by atoms with van der Waals surface area (Å²) in [4.78, 5) is 9.31. The van der Waals surface area contributed by atoms with Crippen molar-refractivity contribution in [2.45, 2.75) is 32.7 Å². The fraction of sp³-hybridized carbons (Fsp3) is 0.682. The van der Waals surface area contributed by atoms with E-state index in [2.05, 4.69) is 58.3 Å². The van der Waals surface area contributed by atoms with Crippen LogP contribution in [0.3, 0.4) is 0 Å². The minimum atomic E-state index is 0. The standard InChI is InChI=1S/C22H36N4O.HI/c1-18-4-6-20(7-5-18)16-26-11-8-19(9-12-26)14-24-22(23-2)25(3)15-21-10-13-27-17-21;/h4-7,19,21H,8-17H2,1-3H3,(H,23,24);1H. The summed E-state index contributed by atoms with van der Waals surface area (Å²) >= 11 is 0. The zero-order chi connectivity index (χ0) is 19.1. The Hall–Kier alpha value is -0.860. The number of aryl methyl sites for hydroxylation is 1. The lowest BCUT2D eigenvalue weighted by molar-refractivity contribution is 0.176. The number of hydrogen-bond donors (Lipinski definition) is 1. The van der Waals surface area contributed by atoms with Crippen molar-refractivity contribution in [1.29, 1.82) is 0 Å². The normalized spacial score (nSPS) is 21.4. The van der Waals surface area contributed by atoms with Gasteiger partial charge in [-0.3, -0.25) is 9.89 Å². The summed E-state index contributed by atoms with van der Waals surface area (Å²) in [6, 6.07) is 8.95. The smallest absolute Gasteiger partial charge is 0.193 e. The molecule has 0 radical (unpaired) electrons. The van der Waals surface area contributed by atoms with Crippen LogP contribution < -0.4 is 5.32 Å². The maximum Gasteiger partial charge on any atom is 0.193 e. The summed E-state index contributed by atoms with van der Waals surface area (Å²) in [5.74, 6) is 2.39. The molecule has 2 aliphatic rings. The van der Waals surface area contributed by atoms with Crippen molar-refractivity contribution in [3.8, 4) is 0 Å². The molecular formula is C22H37IN4O. The van der Waals surface area contributed by atoms with E-state index in [9.17, 15) is 0 Å². The van der Waals surface area contributed by atoms with Crippen LogP contribution in [-0.4, -0.2) is 69.2 Å². The summed E-state index contributed by atoms with van der Waals surface area (Å²) in [7, 11) is 4.02. The van der Waals surface area contributed by atoms with Gasteiger partial charge >= 0.3 is 0 Å². The van der Waals surface area contributed by atoms with Crippen LogP contribution in [0.5, 0.6) is 0 Å². The quantitative estimate of drug-likeness (QED) is 0.370. The van der Waals surface area contributed by atoms with E-state index in [1.165, 1.54) is 43.5 Å². The largest absolute Gasteiger partial charge is 0.381 e. The van der Waals surface area contributed by atoms with E-state index in [4.69, 9.17) is 4.74 Å². The SMILES string of the molecule is CN=C(NCC1CCN(Cc2ccc(C)cc2)CC1)N(C)CC1CCOC1.I. The van der Waals surface area contributed by atoms with Crippen molar-refractivity contribution in [2.24, 2.45) is 16.8 Å². The van der Waals surface area contributed by atoms with Gasteiger partial charge in [0, 0.05) is 46.3 Å². The average Bonchev–Trinajstić information content (AvgIpc) is 3.18. The molecule has 6 heteroatoms. The molecule has 0 amide bonds. The van der Waals surface area contributed by atoms with E-state index < -0.39 is 0 Å². The lowest BCUT2D eigenvalue weighted by Gasteiger charge is -2.33. The molecule has 1 aromatic rings. The molecule has 5 nitrogen and oxygen atoms in total. The molecule has 1 N–H and O–H groups in total. The van der Waals surface area contributed by atoms with Gasteiger partial charge in [0.2, 0.25) is 0 Å². The lowest BCUT2D eigenvalue weighted by atomic mass is 9.96. The number of rotatable bonds is 6. The van der Waals surface area contributed by atoms with Gasteiger partial charge in [-0.2, -0.15) is 0 Å². The molecule has 0 aromatic heterocycles. The average molecular weight is 500 g/mol. The van der Waals surface area contributed by atoms with E-state index in [0.29, 0.717) is 5.92 Å². The molecule has 0 bridgehead atoms. The van der Waals surface area contributed by atoms with Gasteiger partial charge in [-0.15, -0.1) is 24.0 Å². The van der Waals surface area contributed by atoms with Gasteiger partial charge in [0.1, 0.15) is 0 Å². The molecule has 2 heterocycles. The molecule has 1 unspecified atom stereocenters. The number of hydrogen-bond acceptors (Lipinski definition) is 3. The Morgan fingerprint density at radius 1 is 1.18 bits per heavy atom. The van der Waals surface area contributed by atoms with Crippen LogP contribution in [-0.2, 0) is 11.3 Å². The highest BCUT2D eigenvalue weighted by Crippen LogP contribution is 2.19. The summed E-state index contributed by atoms with van der Waals surface area (Å²) in [6.45, 7) is 9.45. The van der Waals surface area contributed by atoms with Crippen molar-refractivity contribution in [2.75, 3.05) is 53.5 Å². The second-order valence-electron chi connectivity index (χ2n) is 8.24. The number of nitrogens with zero attached hydrogens (tertiary/aromatic N) is 3. The lowest BCUT2D eigenvalue weighted by Crippen LogP contribution is -2.44. The highest BCUT2D eigenvalue weighted by atomic mass is 127. The Kier molecular flexibility index (Phi) is 10.0. The van der Waals surface area contributed by atoms with Gasteiger partial charge in [0.05, 0.1) is 6.61 Å². The van der Waals surface area contributed by atoms with Crippen molar-refractivity contribution < 1.29 is 4.74 Å². The van der Waals surface area contributed by atoms with Crippen molar-refractivity contribution in [1.82, 2.24) is 15.1 Å². The van der Waals surface area contributed by atoms with Gasteiger partial charge in [-0.1, -0.05) is 29.8 Å². The van der Waals surface area contributed by atoms with Gasteiger partial charge in [-0.25, -0.2) is 0 Å². The van der Waals surface area contributed by atoms with Crippen molar-refractivity contribution >= 4 is 29.9 Å². The molecule has 1 atom stereocenters. The van der Waals surface area contributed by atoms with Crippen LogP contribution in [0.2, 0.25) is 0 Å². The van der Waals surface area contributed by atoms with Crippen molar-refractivity contribution in [3.63, 3.8) is 0 Å². The minimum Gasteiger partial charge on any atom is -0.381 e. The summed E-state index contributed by atoms with van der Waals surface area (Å²) in [6.07, 6.45) is 3.69. The molecule has 0 aliphatic carbocycles. The fourth-order valence-electron chi connectivity index (χ4n) is 4.12. The molecular weight excluding hydrogens is 463 g/mol. The first-order chi connectivity index (χ1) is 13.1. The molecule has 2 aliphatic heterocycles. The van der Waals surface area contributed by atoms with Crippen LogP contribution in [0.4, 0.5) is 0 Å². The number of likely N-dealkylation sites (tertiary alicyclic amines) is 1. The Morgan fingerprint density at radius 3 is 2.50 bits per heavy atom. The summed E-state index contributed by atoms with van der Waals surface area (Å²) in [5.41, 5.74) is 2.76. The third-order valence-electron chi connectivity index (χ3n) is 5.91. The monoisotopic (exact) mass is 500 g/mol. The molecule has 28 heavy (non-hydrogen) atoms. The number of benzene rings is 1. The number of halogens is 1. The van der Waals surface area contributed by atoms with E-state index in [-0.39, 0.29) is 24.0 Å². The summed E-state index contributed by atoms with van der Waals surface area (Å²) < 4.78 is 5.49. The molecule has 1 aromatic carbocycles. The second kappa shape index (κ2) is 12.0. The third-order valence-corrected chi connectivity index (χ3v) is 5.91. The first kappa shape index (κ1) is 23.4. The molecule has 2 fully saturated rings. The fourth-order valence-corrected chi connectivity index (χ4v) is 4.12. The van der Waals surface area contributed by atoms with E-state index >= 15 is 0 Å². The van der Waals surface area contributed by atoms with E-state index in [1.54, 1.807) is 0 Å². The molecule has 0 spiro atoms. The van der Waals surface area contributed by atoms with E-state index in [0.717, 1.165) is 44.7 Å². The highest BCUT2D eigenvalue weighted by molar-refractivity contribution is 14.0. The Labute approximate surface area is 187 Å². The number of piperidine rings is 1. The number of aliphatic imine (C=N–C) groups is 1. The topological polar surface area (TPSA) is 40.1 Å².